The number of aromatic carboxylic acids is 1. The normalized spacial score (nSPS) is 16.8. The second-order valence-corrected chi connectivity index (χ2v) is 5.49. The average molecular weight is 262 g/mol. The molecule has 1 aliphatic rings. The molecular formula is C13H14N2O4. The number of rotatable bonds is 2. The molecule has 1 aliphatic carbocycles. The molecule has 0 saturated carbocycles. The smallest absolute Gasteiger partial charge is 0.336 e. The van der Waals surface area contributed by atoms with Gasteiger partial charge in [0.05, 0.1) is 16.8 Å². The highest BCUT2D eigenvalue weighted by atomic mass is 16.4. The molecule has 0 aliphatic heterocycles. The van der Waals surface area contributed by atoms with Crippen LogP contribution in [-0.2, 0) is 6.42 Å². The first-order chi connectivity index (χ1) is 8.71. The number of primary amides is 1. The van der Waals surface area contributed by atoms with E-state index in [1.165, 1.54) is 0 Å². The van der Waals surface area contributed by atoms with Crippen LogP contribution in [0.3, 0.4) is 0 Å². The zero-order valence-electron chi connectivity index (χ0n) is 10.7. The number of fused-ring (bicyclic) bond motifs is 1. The number of nitrogens with zero attached hydrogens (tertiary/aromatic N) is 1. The zero-order valence-corrected chi connectivity index (χ0v) is 10.7. The van der Waals surface area contributed by atoms with Gasteiger partial charge < -0.3 is 10.8 Å². The van der Waals surface area contributed by atoms with Crippen molar-refractivity contribution in [3.63, 3.8) is 0 Å². The fourth-order valence-corrected chi connectivity index (χ4v) is 2.37. The summed E-state index contributed by atoms with van der Waals surface area (Å²) in [5.74, 6) is -2.32. The highest BCUT2D eigenvalue weighted by Gasteiger charge is 2.35. The quantitative estimate of drug-likeness (QED) is 0.827. The molecule has 1 aromatic heterocycles. The Hall–Kier alpha value is -2.24. The van der Waals surface area contributed by atoms with E-state index in [4.69, 9.17) is 10.8 Å². The van der Waals surface area contributed by atoms with Gasteiger partial charge in [0.1, 0.15) is 5.69 Å². The van der Waals surface area contributed by atoms with Gasteiger partial charge in [-0.1, -0.05) is 13.8 Å². The van der Waals surface area contributed by atoms with E-state index in [9.17, 15) is 14.4 Å². The first-order valence-corrected chi connectivity index (χ1v) is 5.81. The van der Waals surface area contributed by atoms with Crippen LogP contribution in [0.15, 0.2) is 6.07 Å². The number of Topliss-reactive ketones (excluding diaryl/α,β-unsaturated/α-hetero) is 1. The maximum absolute atomic E-state index is 12.1. The van der Waals surface area contributed by atoms with E-state index in [0.29, 0.717) is 12.1 Å². The van der Waals surface area contributed by atoms with Crippen molar-refractivity contribution < 1.29 is 19.5 Å². The summed E-state index contributed by atoms with van der Waals surface area (Å²) in [5, 5.41) is 9.16. The molecule has 19 heavy (non-hydrogen) atoms. The lowest BCUT2D eigenvalue weighted by atomic mass is 9.74. The number of hydrogen-bond acceptors (Lipinski definition) is 4. The fourth-order valence-electron chi connectivity index (χ4n) is 2.37. The maximum atomic E-state index is 12.1. The topological polar surface area (TPSA) is 110 Å². The summed E-state index contributed by atoms with van der Waals surface area (Å²) < 4.78 is 0. The van der Waals surface area contributed by atoms with Gasteiger partial charge in [-0.05, 0) is 17.9 Å². The highest BCUT2D eigenvalue weighted by molar-refractivity contribution is 6.08. The Labute approximate surface area is 109 Å². The minimum Gasteiger partial charge on any atom is -0.478 e. The Balaban J connectivity index is 2.71. The highest BCUT2D eigenvalue weighted by Crippen LogP contribution is 2.35. The molecule has 3 N–H and O–H groups in total. The van der Waals surface area contributed by atoms with Crippen molar-refractivity contribution >= 4 is 17.7 Å². The number of nitrogens with two attached hydrogens (primary N) is 1. The molecule has 0 fully saturated rings. The summed E-state index contributed by atoms with van der Waals surface area (Å²) in [5.41, 5.74) is 4.97. The van der Waals surface area contributed by atoms with Crippen molar-refractivity contribution in [2.75, 3.05) is 0 Å². The van der Waals surface area contributed by atoms with Gasteiger partial charge >= 0.3 is 5.97 Å². The number of carboxylic acids is 1. The van der Waals surface area contributed by atoms with Crippen LogP contribution < -0.4 is 5.73 Å². The number of pyridine rings is 1. The van der Waals surface area contributed by atoms with Crippen molar-refractivity contribution in [1.29, 1.82) is 0 Å². The Morgan fingerprint density at radius 2 is 2.00 bits per heavy atom. The summed E-state index contributed by atoms with van der Waals surface area (Å²) in [7, 11) is 0. The van der Waals surface area contributed by atoms with Crippen molar-refractivity contribution in [1.82, 2.24) is 4.98 Å². The van der Waals surface area contributed by atoms with Crippen molar-refractivity contribution in [3.05, 3.63) is 28.6 Å². The molecule has 1 aromatic rings. The van der Waals surface area contributed by atoms with Gasteiger partial charge in [-0.15, -0.1) is 0 Å². The van der Waals surface area contributed by atoms with E-state index < -0.39 is 11.9 Å². The summed E-state index contributed by atoms with van der Waals surface area (Å²) in [6, 6.07) is 1.07. The first-order valence-electron chi connectivity index (χ1n) is 5.81. The molecule has 0 unspecified atom stereocenters. The molecule has 2 rings (SSSR count). The molecule has 1 heterocycles. The minimum absolute atomic E-state index is 0.108. The van der Waals surface area contributed by atoms with E-state index in [1.54, 1.807) is 0 Å². The number of carbonyl (C=O) groups excluding carboxylic acids is 2. The molecule has 6 nitrogen and oxygen atoms in total. The number of ketones is 1. The molecule has 1 amide bonds. The molecule has 0 aromatic carbocycles. The van der Waals surface area contributed by atoms with Gasteiger partial charge in [0.2, 0.25) is 0 Å². The number of amides is 1. The third-order valence-electron chi connectivity index (χ3n) is 3.14. The van der Waals surface area contributed by atoms with E-state index >= 15 is 0 Å². The monoisotopic (exact) mass is 262 g/mol. The molecular weight excluding hydrogens is 248 g/mol. The number of aromatic nitrogens is 1. The Morgan fingerprint density at radius 1 is 1.37 bits per heavy atom. The van der Waals surface area contributed by atoms with Crippen LogP contribution in [0.25, 0.3) is 0 Å². The molecule has 0 atom stereocenters. The van der Waals surface area contributed by atoms with Crippen LogP contribution >= 0.6 is 0 Å². The fraction of sp³-hybridized carbons (Fsp3) is 0.385. The average Bonchev–Trinajstić information content (AvgIpc) is 2.24. The van der Waals surface area contributed by atoms with Crippen LogP contribution in [0, 0.1) is 5.41 Å². The van der Waals surface area contributed by atoms with Crippen LogP contribution in [0.5, 0.6) is 0 Å². The number of hydrogen-bond donors (Lipinski definition) is 2. The van der Waals surface area contributed by atoms with Crippen LogP contribution in [0.4, 0.5) is 0 Å². The Morgan fingerprint density at radius 3 is 2.53 bits per heavy atom. The molecule has 0 spiro atoms. The van der Waals surface area contributed by atoms with Gasteiger partial charge in [-0.3, -0.25) is 9.59 Å². The first kappa shape index (κ1) is 13.2. The molecule has 0 bridgehead atoms. The van der Waals surface area contributed by atoms with Crippen molar-refractivity contribution in [3.8, 4) is 0 Å². The van der Waals surface area contributed by atoms with Crippen LogP contribution in [-0.4, -0.2) is 27.8 Å². The van der Waals surface area contributed by atoms with Gasteiger partial charge in [0.15, 0.2) is 5.78 Å². The summed E-state index contributed by atoms with van der Waals surface area (Å²) in [4.78, 5) is 38.5. The molecule has 100 valence electrons. The third kappa shape index (κ3) is 2.33. The lowest BCUT2D eigenvalue weighted by Crippen LogP contribution is -2.31. The Bertz CT molecular complexity index is 605. The van der Waals surface area contributed by atoms with Gasteiger partial charge in [0.25, 0.3) is 5.91 Å². The molecule has 0 saturated heterocycles. The van der Waals surface area contributed by atoms with E-state index in [2.05, 4.69) is 4.98 Å². The molecule has 6 heteroatoms. The standard InChI is InChI=1S/C13H14N2O4/c1-13(2)4-8-10(9(16)5-13)6(12(18)19)3-7(15-8)11(14)17/h3H,4-5H2,1-2H3,(H2,14,17)(H,18,19). The second-order valence-electron chi connectivity index (χ2n) is 5.49. The summed E-state index contributed by atoms with van der Waals surface area (Å²) >= 11 is 0. The van der Waals surface area contributed by atoms with E-state index in [0.717, 1.165) is 6.07 Å². The third-order valence-corrected chi connectivity index (χ3v) is 3.14. The van der Waals surface area contributed by atoms with Gasteiger partial charge in [-0.25, -0.2) is 9.78 Å². The van der Waals surface area contributed by atoms with Crippen molar-refractivity contribution in [2.24, 2.45) is 11.1 Å². The maximum Gasteiger partial charge on any atom is 0.336 e. The molecule has 0 radical (unpaired) electrons. The van der Waals surface area contributed by atoms with Gasteiger partial charge in [0, 0.05) is 6.42 Å². The second kappa shape index (κ2) is 4.15. The van der Waals surface area contributed by atoms with Crippen LogP contribution in [0.1, 0.15) is 57.2 Å². The predicted octanol–water partition coefficient (Wildman–Crippen LogP) is 1.03. The predicted molar refractivity (Wildman–Crippen MR) is 66.1 cm³/mol. The van der Waals surface area contributed by atoms with Crippen LogP contribution in [0.2, 0.25) is 0 Å². The zero-order chi connectivity index (χ0) is 14.4. The largest absolute Gasteiger partial charge is 0.478 e. The SMILES string of the molecule is CC1(C)CC(=O)c2c(C(=O)O)cc(C(N)=O)nc2C1. The van der Waals surface area contributed by atoms with Crippen molar-refractivity contribution in [2.45, 2.75) is 26.7 Å². The lowest BCUT2D eigenvalue weighted by molar-refractivity contribution is 0.0687. The summed E-state index contributed by atoms with van der Waals surface area (Å²) in [6.07, 6.45) is 0.702. The van der Waals surface area contributed by atoms with E-state index in [1.807, 2.05) is 13.8 Å². The van der Waals surface area contributed by atoms with E-state index in [-0.39, 0.29) is 34.4 Å². The van der Waals surface area contributed by atoms with Gasteiger partial charge in [-0.2, -0.15) is 0 Å². The summed E-state index contributed by atoms with van der Waals surface area (Å²) in [6.45, 7) is 3.79. The number of carboxylic acid groups (broad SMARTS) is 1. The minimum atomic E-state index is -1.26. The number of carbonyl (C=O) groups is 3. The Kier molecular flexibility index (Phi) is 2.88. The lowest BCUT2D eigenvalue weighted by Gasteiger charge is -2.30.